The standard InChI is InChI=1S/C10H12NO/c1-11(2)7-9-4-3-5-10(6-9)8-12/h3-6H,7H2,1-2H3. The van der Waals surface area contributed by atoms with Gasteiger partial charge in [-0.25, -0.2) is 0 Å². The predicted octanol–water partition coefficient (Wildman–Crippen LogP) is 1.21. The molecule has 0 amide bonds. The molecule has 0 N–H and O–H groups in total. The fraction of sp³-hybridized carbons (Fsp3) is 0.300. The number of benzene rings is 1. The van der Waals surface area contributed by atoms with Gasteiger partial charge in [-0.3, -0.25) is 4.79 Å². The molecule has 1 aromatic rings. The zero-order chi connectivity index (χ0) is 8.97. The topological polar surface area (TPSA) is 20.3 Å². The molecule has 12 heavy (non-hydrogen) atoms. The zero-order valence-electron chi connectivity index (χ0n) is 7.37. The maximum Gasteiger partial charge on any atom is 0.233 e. The Morgan fingerprint density at radius 1 is 1.42 bits per heavy atom. The summed E-state index contributed by atoms with van der Waals surface area (Å²) in [7, 11) is 3.99. The van der Waals surface area contributed by atoms with E-state index in [0.29, 0.717) is 5.56 Å². The maximum atomic E-state index is 10.3. The van der Waals surface area contributed by atoms with E-state index in [1.54, 1.807) is 6.07 Å². The van der Waals surface area contributed by atoms with Crippen LogP contribution in [0.4, 0.5) is 0 Å². The van der Waals surface area contributed by atoms with Crippen molar-refractivity contribution in [1.29, 1.82) is 0 Å². The molecule has 0 aliphatic carbocycles. The van der Waals surface area contributed by atoms with Crippen LogP contribution in [0, 0.1) is 0 Å². The van der Waals surface area contributed by atoms with Crippen LogP contribution in [0.3, 0.4) is 0 Å². The Bertz CT molecular complexity index is 268. The number of hydrogen-bond donors (Lipinski definition) is 0. The van der Waals surface area contributed by atoms with E-state index in [0.717, 1.165) is 12.1 Å². The van der Waals surface area contributed by atoms with E-state index in [9.17, 15) is 4.79 Å². The van der Waals surface area contributed by atoms with E-state index in [1.165, 1.54) is 0 Å². The summed E-state index contributed by atoms with van der Waals surface area (Å²) in [6, 6.07) is 7.49. The second-order valence-corrected chi connectivity index (χ2v) is 3.04. The predicted molar refractivity (Wildman–Crippen MR) is 48.6 cm³/mol. The molecule has 0 aliphatic rings. The number of carbonyl (C=O) groups excluding carboxylic acids is 1. The van der Waals surface area contributed by atoms with Crippen molar-refractivity contribution >= 4 is 6.29 Å². The molecule has 0 atom stereocenters. The summed E-state index contributed by atoms with van der Waals surface area (Å²) in [5.41, 5.74) is 1.76. The van der Waals surface area contributed by atoms with Crippen LogP contribution in [-0.4, -0.2) is 25.3 Å². The Morgan fingerprint density at radius 3 is 2.75 bits per heavy atom. The maximum absolute atomic E-state index is 10.3. The van der Waals surface area contributed by atoms with Crippen molar-refractivity contribution in [2.45, 2.75) is 6.54 Å². The molecular weight excluding hydrogens is 150 g/mol. The van der Waals surface area contributed by atoms with Crippen LogP contribution in [0.15, 0.2) is 24.3 Å². The fourth-order valence-corrected chi connectivity index (χ4v) is 1.10. The van der Waals surface area contributed by atoms with Gasteiger partial charge in [0.25, 0.3) is 0 Å². The van der Waals surface area contributed by atoms with Crippen molar-refractivity contribution in [3.63, 3.8) is 0 Å². The van der Waals surface area contributed by atoms with Crippen molar-refractivity contribution in [1.82, 2.24) is 4.90 Å². The molecule has 1 aromatic carbocycles. The second-order valence-electron chi connectivity index (χ2n) is 3.04. The second kappa shape index (κ2) is 4.02. The van der Waals surface area contributed by atoms with Gasteiger partial charge in [0.05, 0.1) is 0 Å². The highest BCUT2D eigenvalue weighted by atomic mass is 16.1. The van der Waals surface area contributed by atoms with Crippen LogP contribution in [0.25, 0.3) is 0 Å². The van der Waals surface area contributed by atoms with Gasteiger partial charge in [0.2, 0.25) is 6.29 Å². The Balaban J connectivity index is 2.79. The molecule has 1 radical (unpaired) electrons. The fourth-order valence-electron chi connectivity index (χ4n) is 1.10. The number of hydrogen-bond acceptors (Lipinski definition) is 2. The molecule has 0 saturated carbocycles. The van der Waals surface area contributed by atoms with Gasteiger partial charge in [0.15, 0.2) is 0 Å². The Morgan fingerprint density at radius 2 is 2.17 bits per heavy atom. The zero-order valence-corrected chi connectivity index (χ0v) is 7.37. The summed E-state index contributed by atoms with van der Waals surface area (Å²) in [5.74, 6) is 0. The van der Waals surface area contributed by atoms with Gasteiger partial charge in [-0.2, -0.15) is 0 Å². The molecule has 0 fully saturated rings. The van der Waals surface area contributed by atoms with Gasteiger partial charge >= 0.3 is 0 Å². The molecular formula is C10H12NO. The third kappa shape index (κ3) is 2.47. The third-order valence-electron chi connectivity index (χ3n) is 1.54. The lowest BCUT2D eigenvalue weighted by atomic mass is 10.1. The minimum atomic E-state index is 0.620. The van der Waals surface area contributed by atoms with Gasteiger partial charge in [0, 0.05) is 12.1 Å². The van der Waals surface area contributed by atoms with Gasteiger partial charge in [-0.15, -0.1) is 0 Å². The highest BCUT2D eigenvalue weighted by molar-refractivity contribution is 5.75. The third-order valence-corrected chi connectivity index (χ3v) is 1.54. The average molecular weight is 162 g/mol. The molecule has 63 valence electrons. The first kappa shape index (κ1) is 8.94. The van der Waals surface area contributed by atoms with Crippen LogP contribution in [0.2, 0.25) is 0 Å². The Kier molecular flexibility index (Phi) is 3.00. The van der Waals surface area contributed by atoms with Crippen molar-refractivity contribution in [3.05, 3.63) is 35.4 Å². The van der Waals surface area contributed by atoms with Gasteiger partial charge in [-0.1, -0.05) is 18.2 Å². The van der Waals surface area contributed by atoms with Gasteiger partial charge in [0.1, 0.15) is 0 Å². The lowest BCUT2D eigenvalue weighted by Crippen LogP contribution is -2.10. The molecule has 0 spiro atoms. The van der Waals surface area contributed by atoms with Crippen molar-refractivity contribution < 1.29 is 4.79 Å². The molecule has 2 nitrogen and oxygen atoms in total. The van der Waals surface area contributed by atoms with E-state index in [-0.39, 0.29) is 0 Å². The van der Waals surface area contributed by atoms with Crippen LogP contribution in [0.1, 0.15) is 11.1 Å². The van der Waals surface area contributed by atoms with Crippen molar-refractivity contribution in [3.8, 4) is 0 Å². The van der Waals surface area contributed by atoms with E-state index in [1.807, 2.05) is 38.6 Å². The first-order valence-electron chi connectivity index (χ1n) is 3.84. The summed E-state index contributed by atoms with van der Waals surface area (Å²) < 4.78 is 0. The summed E-state index contributed by atoms with van der Waals surface area (Å²) in [6.45, 7) is 0.857. The Hall–Kier alpha value is -1.15. The minimum Gasteiger partial charge on any atom is -0.305 e. The van der Waals surface area contributed by atoms with E-state index in [2.05, 4.69) is 4.90 Å². The summed E-state index contributed by atoms with van der Waals surface area (Å²) in [6.07, 6.45) is 1.87. The molecule has 1 rings (SSSR count). The summed E-state index contributed by atoms with van der Waals surface area (Å²) in [4.78, 5) is 12.4. The molecule has 0 heterocycles. The number of nitrogens with zero attached hydrogens (tertiary/aromatic N) is 1. The lowest BCUT2D eigenvalue weighted by Gasteiger charge is -2.08. The normalized spacial score (nSPS) is 10.2. The lowest BCUT2D eigenvalue weighted by molar-refractivity contribution is 0.402. The van der Waals surface area contributed by atoms with Crippen LogP contribution < -0.4 is 0 Å². The number of rotatable bonds is 3. The smallest absolute Gasteiger partial charge is 0.233 e. The molecule has 0 bridgehead atoms. The summed E-state index contributed by atoms with van der Waals surface area (Å²) in [5, 5.41) is 0. The molecule has 0 aliphatic heterocycles. The quantitative estimate of drug-likeness (QED) is 0.665. The molecule has 0 aromatic heterocycles. The van der Waals surface area contributed by atoms with Crippen LogP contribution >= 0.6 is 0 Å². The van der Waals surface area contributed by atoms with E-state index >= 15 is 0 Å². The van der Waals surface area contributed by atoms with Crippen LogP contribution in [0.5, 0.6) is 0 Å². The SMILES string of the molecule is CN(C)Cc1cccc([C]=O)c1. The molecule has 0 saturated heterocycles. The van der Waals surface area contributed by atoms with Crippen molar-refractivity contribution in [2.24, 2.45) is 0 Å². The van der Waals surface area contributed by atoms with Gasteiger partial charge < -0.3 is 4.90 Å². The largest absolute Gasteiger partial charge is 0.305 e. The van der Waals surface area contributed by atoms with Crippen molar-refractivity contribution in [2.75, 3.05) is 14.1 Å². The minimum absolute atomic E-state index is 0.620. The monoisotopic (exact) mass is 162 g/mol. The highest BCUT2D eigenvalue weighted by Crippen LogP contribution is 2.04. The van der Waals surface area contributed by atoms with Crippen LogP contribution in [-0.2, 0) is 11.3 Å². The van der Waals surface area contributed by atoms with E-state index < -0.39 is 0 Å². The first-order chi connectivity index (χ1) is 5.72. The van der Waals surface area contributed by atoms with Gasteiger partial charge in [-0.05, 0) is 25.7 Å². The van der Waals surface area contributed by atoms with E-state index in [4.69, 9.17) is 0 Å². The molecule has 0 unspecified atom stereocenters. The average Bonchev–Trinajstić information content (AvgIpc) is 2.03. The summed E-state index contributed by atoms with van der Waals surface area (Å²) >= 11 is 0. The molecule has 2 heteroatoms. The first-order valence-corrected chi connectivity index (χ1v) is 3.84. The Labute approximate surface area is 72.8 Å². The highest BCUT2D eigenvalue weighted by Gasteiger charge is 1.96.